The molecule has 0 saturated heterocycles. The number of halogens is 1. The lowest BCUT2D eigenvalue weighted by Crippen LogP contribution is -2.33. The van der Waals surface area contributed by atoms with Crippen molar-refractivity contribution >= 4 is 23.0 Å². The average Bonchev–Trinajstić information content (AvgIpc) is 1.61. The average molecular weight is 184 g/mol. The Morgan fingerprint density at radius 3 is 2.25 bits per heavy atom. The normalized spacial score (nSPS) is 7.12. The Balaban J connectivity index is 0. The molecule has 0 aromatic carbocycles. The topological polar surface area (TPSA) is 81.1 Å². The molecule has 0 atom stereocenters. The van der Waals surface area contributed by atoms with E-state index in [0.717, 1.165) is 0 Å². The highest BCUT2D eigenvalue weighted by Gasteiger charge is 1.83. The van der Waals surface area contributed by atoms with E-state index >= 15 is 0 Å². The molecule has 0 radical (unpaired) electrons. The number of carbonyl (C=O) groups is 1. The van der Waals surface area contributed by atoms with Crippen molar-refractivity contribution < 1.29 is 4.79 Å². The fourth-order valence-corrected chi connectivity index (χ4v) is 0.195. The first-order chi connectivity index (χ1) is 3.27. The van der Waals surface area contributed by atoms with Gasteiger partial charge in [-0.2, -0.15) is 0 Å². The number of rotatable bonds is 2. The number of urea groups is 1. The molecule has 2 amide bonds. The molecule has 50 valence electrons. The molecule has 0 rings (SSSR count). The highest BCUT2D eigenvalue weighted by atomic mass is 79.9. The highest BCUT2D eigenvalue weighted by Crippen LogP contribution is 1.50. The van der Waals surface area contributed by atoms with E-state index in [9.17, 15) is 4.79 Å². The summed E-state index contributed by atoms with van der Waals surface area (Å²) in [6, 6.07) is -0.523. The molecule has 8 heavy (non-hydrogen) atoms. The zero-order valence-corrected chi connectivity index (χ0v) is 6.10. The minimum Gasteiger partial charge on any atom is -0.352 e. The first-order valence-corrected chi connectivity index (χ1v) is 2.00. The van der Waals surface area contributed by atoms with Gasteiger partial charge in [0.15, 0.2) is 0 Å². The minimum atomic E-state index is -0.523. The third-order valence-corrected chi connectivity index (χ3v) is 0.444. The van der Waals surface area contributed by atoms with Gasteiger partial charge in [-0.15, -0.1) is 17.0 Å². The van der Waals surface area contributed by atoms with E-state index in [1.54, 1.807) is 0 Å². The molecule has 0 aliphatic carbocycles. The molecular formula is C3H10BrN3O. The Hall–Kier alpha value is -0.290. The van der Waals surface area contributed by atoms with Gasteiger partial charge < -0.3 is 16.8 Å². The molecule has 0 bridgehead atoms. The number of primary amides is 1. The summed E-state index contributed by atoms with van der Waals surface area (Å²) in [4.78, 5) is 9.81. The fraction of sp³-hybridized carbons (Fsp3) is 0.667. The number of nitrogens with one attached hydrogen (secondary N) is 1. The van der Waals surface area contributed by atoms with Gasteiger partial charge in [0.1, 0.15) is 0 Å². The molecule has 0 fully saturated rings. The summed E-state index contributed by atoms with van der Waals surface area (Å²) in [6.45, 7) is 0.887. The van der Waals surface area contributed by atoms with Crippen molar-refractivity contribution in [1.29, 1.82) is 0 Å². The molecule has 4 nitrogen and oxygen atoms in total. The molecule has 0 aliphatic rings. The summed E-state index contributed by atoms with van der Waals surface area (Å²) in [5.74, 6) is 0. The van der Waals surface area contributed by atoms with Crippen LogP contribution in [-0.2, 0) is 0 Å². The van der Waals surface area contributed by atoms with Gasteiger partial charge in [0.2, 0.25) is 0 Å². The van der Waals surface area contributed by atoms with Gasteiger partial charge in [-0.1, -0.05) is 0 Å². The highest BCUT2D eigenvalue weighted by molar-refractivity contribution is 8.93. The lowest BCUT2D eigenvalue weighted by Gasteiger charge is -1.93. The summed E-state index contributed by atoms with van der Waals surface area (Å²) < 4.78 is 0. The van der Waals surface area contributed by atoms with Gasteiger partial charge in [-0.3, -0.25) is 0 Å². The van der Waals surface area contributed by atoms with E-state index in [1.807, 2.05) is 0 Å². The number of hydrogen-bond donors (Lipinski definition) is 3. The van der Waals surface area contributed by atoms with Crippen LogP contribution in [0.25, 0.3) is 0 Å². The van der Waals surface area contributed by atoms with Crippen molar-refractivity contribution in [3.63, 3.8) is 0 Å². The Labute approximate surface area is 58.4 Å². The molecule has 0 aromatic heterocycles. The first kappa shape index (κ1) is 10.6. The summed E-state index contributed by atoms with van der Waals surface area (Å²) in [7, 11) is 0. The summed E-state index contributed by atoms with van der Waals surface area (Å²) in [6.07, 6.45) is 0. The van der Waals surface area contributed by atoms with Gasteiger partial charge in [-0.25, -0.2) is 4.79 Å². The van der Waals surface area contributed by atoms with Gasteiger partial charge in [0, 0.05) is 13.1 Å². The second-order valence-electron chi connectivity index (χ2n) is 1.08. The lowest BCUT2D eigenvalue weighted by molar-refractivity contribution is 0.249. The second-order valence-corrected chi connectivity index (χ2v) is 1.08. The Kier molecular flexibility index (Phi) is 8.93. The van der Waals surface area contributed by atoms with Crippen LogP contribution < -0.4 is 16.8 Å². The molecule has 0 aliphatic heterocycles. The molecule has 5 heteroatoms. The van der Waals surface area contributed by atoms with Crippen LogP contribution in [0.1, 0.15) is 0 Å². The zero-order valence-electron chi connectivity index (χ0n) is 4.39. The van der Waals surface area contributed by atoms with Crippen LogP contribution in [0.2, 0.25) is 0 Å². The second kappa shape index (κ2) is 6.71. The van der Waals surface area contributed by atoms with Gasteiger partial charge in [0.25, 0.3) is 0 Å². The van der Waals surface area contributed by atoms with Crippen LogP contribution in [0.3, 0.4) is 0 Å². The summed E-state index contributed by atoms with van der Waals surface area (Å²) in [5, 5.41) is 2.31. The summed E-state index contributed by atoms with van der Waals surface area (Å²) >= 11 is 0. The van der Waals surface area contributed by atoms with Crippen LogP contribution in [0, 0.1) is 0 Å². The Morgan fingerprint density at radius 2 is 2.12 bits per heavy atom. The molecule has 0 heterocycles. The quantitative estimate of drug-likeness (QED) is 0.524. The standard InChI is InChI=1S/C3H9N3O.BrH/c4-1-2-6-3(5)7;/h1-2,4H2,(H3,5,6,7);1H. The third-order valence-electron chi connectivity index (χ3n) is 0.444. The van der Waals surface area contributed by atoms with Crippen LogP contribution in [0.5, 0.6) is 0 Å². The van der Waals surface area contributed by atoms with E-state index < -0.39 is 6.03 Å². The minimum absolute atomic E-state index is 0. The van der Waals surface area contributed by atoms with Crippen LogP contribution >= 0.6 is 17.0 Å². The smallest absolute Gasteiger partial charge is 0.312 e. The Bertz CT molecular complexity index is 67.5. The van der Waals surface area contributed by atoms with Gasteiger partial charge in [-0.05, 0) is 0 Å². The van der Waals surface area contributed by atoms with E-state index in [4.69, 9.17) is 5.73 Å². The van der Waals surface area contributed by atoms with Crippen LogP contribution in [0.4, 0.5) is 4.79 Å². The van der Waals surface area contributed by atoms with Crippen molar-refractivity contribution in [3.8, 4) is 0 Å². The molecule has 0 spiro atoms. The number of nitrogens with two attached hydrogens (primary N) is 2. The molecule has 0 unspecified atom stereocenters. The van der Waals surface area contributed by atoms with E-state index in [1.165, 1.54) is 0 Å². The van der Waals surface area contributed by atoms with Crippen molar-refractivity contribution in [2.24, 2.45) is 11.5 Å². The van der Waals surface area contributed by atoms with E-state index in [2.05, 4.69) is 11.1 Å². The van der Waals surface area contributed by atoms with Gasteiger partial charge in [0.05, 0.1) is 0 Å². The predicted octanol–water partition coefficient (Wildman–Crippen LogP) is -0.809. The maximum atomic E-state index is 9.81. The van der Waals surface area contributed by atoms with Gasteiger partial charge >= 0.3 is 6.03 Å². The Morgan fingerprint density at radius 1 is 1.62 bits per heavy atom. The van der Waals surface area contributed by atoms with Crippen molar-refractivity contribution in [1.82, 2.24) is 5.32 Å². The van der Waals surface area contributed by atoms with Crippen molar-refractivity contribution in [3.05, 3.63) is 0 Å². The van der Waals surface area contributed by atoms with E-state index in [0.29, 0.717) is 13.1 Å². The number of carbonyl (C=O) groups excluding carboxylic acids is 1. The first-order valence-electron chi connectivity index (χ1n) is 2.00. The molecular weight excluding hydrogens is 174 g/mol. The third kappa shape index (κ3) is 9.20. The molecule has 0 saturated carbocycles. The number of amides is 2. The maximum absolute atomic E-state index is 9.81. The van der Waals surface area contributed by atoms with E-state index in [-0.39, 0.29) is 17.0 Å². The van der Waals surface area contributed by atoms with Crippen LogP contribution in [0.15, 0.2) is 0 Å². The fourth-order valence-electron chi connectivity index (χ4n) is 0.195. The monoisotopic (exact) mass is 183 g/mol. The molecule has 0 aromatic rings. The zero-order chi connectivity index (χ0) is 5.70. The predicted molar refractivity (Wildman–Crippen MR) is 37.0 cm³/mol. The van der Waals surface area contributed by atoms with Crippen LogP contribution in [-0.4, -0.2) is 19.1 Å². The van der Waals surface area contributed by atoms with Crippen molar-refractivity contribution in [2.45, 2.75) is 0 Å². The SMILES string of the molecule is Br.NCCNC(N)=O. The summed E-state index contributed by atoms with van der Waals surface area (Å²) in [5.41, 5.74) is 9.68. The van der Waals surface area contributed by atoms with Crippen molar-refractivity contribution in [2.75, 3.05) is 13.1 Å². The maximum Gasteiger partial charge on any atom is 0.312 e. The lowest BCUT2D eigenvalue weighted by atomic mass is 10.6. The largest absolute Gasteiger partial charge is 0.352 e. The number of hydrogen-bond acceptors (Lipinski definition) is 2. The molecule has 5 N–H and O–H groups in total.